The first-order valence-electron chi connectivity index (χ1n) is 29.4. The van der Waals surface area contributed by atoms with Gasteiger partial charge in [-0.3, -0.25) is 14.4 Å². The Hall–Kier alpha value is -3.93. The van der Waals surface area contributed by atoms with E-state index >= 15 is 0 Å². The molecule has 0 aromatic heterocycles. The third kappa shape index (κ3) is 56.9. The van der Waals surface area contributed by atoms with Crippen molar-refractivity contribution in [2.24, 2.45) is 0 Å². The molecule has 0 fully saturated rings. The molecule has 0 amide bonds. The number of carbonyl (C=O) groups excluding carboxylic acids is 3. The number of unbranched alkanes of at least 4 members (excludes halogenated alkanes) is 23. The number of hydrogen-bond acceptors (Lipinski definition) is 6. The maximum absolute atomic E-state index is 12.8. The first-order chi connectivity index (χ1) is 35.0. The zero-order chi connectivity index (χ0) is 51.4. The lowest BCUT2D eigenvalue weighted by molar-refractivity contribution is -0.167. The normalized spacial score (nSPS) is 12.9. The van der Waals surface area contributed by atoms with Crippen molar-refractivity contribution in [3.05, 3.63) is 109 Å². The third-order valence-electron chi connectivity index (χ3n) is 12.3. The van der Waals surface area contributed by atoms with Crippen LogP contribution < -0.4 is 0 Å². The Labute approximate surface area is 438 Å². The Bertz CT molecular complexity index is 1460. The smallest absolute Gasteiger partial charge is 0.306 e. The van der Waals surface area contributed by atoms with Crippen molar-refractivity contribution in [2.75, 3.05) is 13.2 Å². The zero-order valence-electron chi connectivity index (χ0n) is 46.2. The quantitative estimate of drug-likeness (QED) is 0.0261. The third-order valence-corrected chi connectivity index (χ3v) is 12.3. The second-order valence-electron chi connectivity index (χ2n) is 19.2. The Morgan fingerprint density at radius 2 is 0.563 bits per heavy atom. The van der Waals surface area contributed by atoms with Crippen molar-refractivity contribution in [2.45, 2.75) is 271 Å². The van der Waals surface area contributed by atoms with Crippen LogP contribution in [-0.4, -0.2) is 37.2 Å². The highest BCUT2D eigenvalue weighted by Gasteiger charge is 2.19. The van der Waals surface area contributed by atoms with E-state index in [1.807, 2.05) is 0 Å². The van der Waals surface area contributed by atoms with Gasteiger partial charge in [-0.05, 0) is 103 Å². The van der Waals surface area contributed by atoms with Crippen molar-refractivity contribution in [3.8, 4) is 0 Å². The molecule has 0 aromatic carbocycles. The maximum atomic E-state index is 12.8. The van der Waals surface area contributed by atoms with Crippen LogP contribution in [0.5, 0.6) is 0 Å². The number of rotatable bonds is 52. The minimum atomic E-state index is -0.822. The molecule has 6 nitrogen and oxygen atoms in total. The lowest BCUT2D eigenvalue weighted by Crippen LogP contribution is -2.30. The van der Waals surface area contributed by atoms with Crippen LogP contribution in [0, 0.1) is 0 Å². The largest absolute Gasteiger partial charge is 0.462 e. The maximum Gasteiger partial charge on any atom is 0.306 e. The van der Waals surface area contributed by atoms with Gasteiger partial charge in [0.2, 0.25) is 0 Å². The van der Waals surface area contributed by atoms with Gasteiger partial charge in [0.05, 0.1) is 0 Å². The molecule has 404 valence electrons. The van der Waals surface area contributed by atoms with Crippen molar-refractivity contribution in [3.63, 3.8) is 0 Å². The van der Waals surface area contributed by atoms with E-state index in [4.69, 9.17) is 14.2 Å². The average molecular weight is 986 g/mol. The summed E-state index contributed by atoms with van der Waals surface area (Å²) in [6, 6.07) is 0. The summed E-state index contributed by atoms with van der Waals surface area (Å²) in [7, 11) is 0. The summed E-state index contributed by atoms with van der Waals surface area (Å²) in [5.74, 6) is -0.998. The lowest BCUT2D eigenvalue weighted by Gasteiger charge is -2.18. The van der Waals surface area contributed by atoms with E-state index in [2.05, 4.69) is 130 Å². The highest BCUT2D eigenvalue weighted by Crippen LogP contribution is 2.15. The van der Waals surface area contributed by atoms with Gasteiger partial charge in [-0.25, -0.2) is 0 Å². The van der Waals surface area contributed by atoms with E-state index in [1.165, 1.54) is 116 Å². The van der Waals surface area contributed by atoms with Crippen molar-refractivity contribution >= 4 is 17.9 Å². The Morgan fingerprint density at radius 3 is 0.930 bits per heavy atom. The molecule has 0 aromatic rings. The molecular weight excluding hydrogens is 877 g/mol. The van der Waals surface area contributed by atoms with Crippen LogP contribution >= 0.6 is 0 Å². The molecule has 0 N–H and O–H groups in total. The standard InChI is InChI=1S/C65H108O6/c1-4-7-10-13-16-19-22-25-28-31-32-35-37-40-43-46-49-52-55-58-64(67)70-61-62(71-65(68)59-56-53-50-47-44-41-38-34-30-27-24-21-18-15-12-9-6-3)60-69-63(66)57-54-51-48-45-42-39-36-33-29-26-23-20-17-14-11-8-5-2/h9,12,16,18-19,21,25,27-28,30,32,35,38,40-41,43,47,50,62H,4-8,10-11,13-15,17,20,22-24,26,29,31,33-34,36-37,39,42,44-46,48-49,51-61H2,1-3H3/b12-9-,19-16-,21-18-,28-25-,30-27-,35-32-,41-38-,43-40-,50-47-/t62-/m0/s1. The molecular formula is C65H108O6. The molecule has 0 radical (unpaired) electrons. The highest BCUT2D eigenvalue weighted by molar-refractivity contribution is 5.71. The van der Waals surface area contributed by atoms with Crippen molar-refractivity contribution in [1.29, 1.82) is 0 Å². The van der Waals surface area contributed by atoms with Gasteiger partial charge >= 0.3 is 17.9 Å². The van der Waals surface area contributed by atoms with Crippen LogP contribution in [0.4, 0.5) is 0 Å². The molecule has 0 aliphatic heterocycles. The molecule has 0 aliphatic rings. The summed E-state index contributed by atoms with van der Waals surface area (Å²) in [6.07, 6.45) is 79.4. The van der Waals surface area contributed by atoms with Gasteiger partial charge in [-0.15, -0.1) is 0 Å². The lowest BCUT2D eigenvalue weighted by atomic mass is 10.0. The van der Waals surface area contributed by atoms with Gasteiger partial charge in [-0.2, -0.15) is 0 Å². The molecule has 0 saturated carbocycles. The van der Waals surface area contributed by atoms with Gasteiger partial charge in [0.15, 0.2) is 6.10 Å². The predicted molar refractivity (Wildman–Crippen MR) is 307 cm³/mol. The van der Waals surface area contributed by atoms with E-state index < -0.39 is 6.10 Å². The number of carbonyl (C=O) groups is 3. The van der Waals surface area contributed by atoms with Gasteiger partial charge in [-0.1, -0.05) is 252 Å². The molecule has 0 spiro atoms. The number of allylic oxidation sites excluding steroid dienone is 18. The average Bonchev–Trinajstić information content (AvgIpc) is 3.37. The van der Waals surface area contributed by atoms with Crippen LogP contribution in [-0.2, 0) is 28.6 Å². The fourth-order valence-corrected chi connectivity index (χ4v) is 7.87. The Balaban J connectivity index is 4.53. The minimum Gasteiger partial charge on any atom is -0.462 e. The molecule has 71 heavy (non-hydrogen) atoms. The summed E-state index contributed by atoms with van der Waals surface area (Å²) < 4.78 is 16.8. The first-order valence-corrected chi connectivity index (χ1v) is 29.4. The summed E-state index contributed by atoms with van der Waals surface area (Å²) >= 11 is 0. The van der Waals surface area contributed by atoms with Gasteiger partial charge in [0.1, 0.15) is 13.2 Å². The predicted octanol–water partition coefficient (Wildman–Crippen LogP) is 19.9. The summed E-state index contributed by atoms with van der Waals surface area (Å²) in [6.45, 7) is 6.44. The van der Waals surface area contributed by atoms with Gasteiger partial charge in [0.25, 0.3) is 0 Å². The number of esters is 3. The fourth-order valence-electron chi connectivity index (χ4n) is 7.87. The van der Waals surface area contributed by atoms with E-state index in [1.54, 1.807) is 0 Å². The van der Waals surface area contributed by atoms with Crippen LogP contribution in [0.15, 0.2) is 109 Å². The molecule has 0 heterocycles. The molecule has 0 aliphatic carbocycles. The van der Waals surface area contributed by atoms with Gasteiger partial charge in [0, 0.05) is 19.3 Å². The van der Waals surface area contributed by atoms with E-state index in [0.29, 0.717) is 19.3 Å². The SMILES string of the molecule is CC/C=C\C/C=C\C/C=C\C/C=C\C/C=C\CCCC(=O)O[C@H](COC(=O)CCCCC/C=C\C/C=C\C/C=C\C/C=C\CCCCC)COC(=O)CCCCCCCCCCCCCCCCCCC. The summed E-state index contributed by atoms with van der Waals surface area (Å²) in [4.78, 5) is 38.2. The van der Waals surface area contributed by atoms with Crippen LogP contribution in [0.25, 0.3) is 0 Å². The fraction of sp³-hybridized carbons (Fsp3) is 0.677. The summed E-state index contributed by atoms with van der Waals surface area (Å²) in [5, 5.41) is 0. The van der Waals surface area contributed by atoms with Gasteiger partial charge < -0.3 is 14.2 Å². The Morgan fingerprint density at radius 1 is 0.296 bits per heavy atom. The topological polar surface area (TPSA) is 78.9 Å². The monoisotopic (exact) mass is 985 g/mol. The highest BCUT2D eigenvalue weighted by atomic mass is 16.6. The second kappa shape index (κ2) is 58.6. The Kier molecular flexibility index (Phi) is 55.4. The molecule has 6 heteroatoms. The van der Waals surface area contributed by atoms with Crippen molar-refractivity contribution in [1.82, 2.24) is 0 Å². The molecule has 0 saturated heterocycles. The van der Waals surface area contributed by atoms with Crippen LogP contribution in [0.2, 0.25) is 0 Å². The number of hydrogen-bond donors (Lipinski definition) is 0. The molecule has 1 atom stereocenters. The van der Waals surface area contributed by atoms with Crippen molar-refractivity contribution < 1.29 is 28.6 Å². The van der Waals surface area contributed by atoms with Crippen LogP contribution in [0.1, 0.15) is 265 Å². The molecule has 0 bridgehead atoms. The van der Waals surface area contributed by atoms with E-state index in [0.717, 1.165) is 103 Å². The zero-order valence-corrected chi connectivity index (χ0v) is 46.2. The van der Waals surface area contributed by atoms with E-state index in [9.17, 15) is 14.4 Å². The second-order valence-corrected chi connectivity index (χ2v) is 19.2. The minimum absolute atomic E-state index is 0.110. The summed E-state index contributed by atoms with van der Waals surface area (Å²) in [5.41, 5.74) is 0. The number of ether oxygens (including phenoxy) is 3. The van der Waals surface area contributed by atoms with E-state index in [-0.39, 0.29) is 37.5 Å². The first kappa shape index (κ1) is 67.1. The van der Waals surface area contributed by atoms with Crippen LogP contribution in [0.3, 0.4) is 0 Å². The molecule has 0 rings (SSSR count). The molecule has 0 unspecified atom stereocenters.